The van der Waals surface area contributed by atoms with Crippen LogP contribution in [0.4, 0.5) is 10.5 Å². The molecule has 0 bridgehead atoms. The molecule has 1 aromatic rings. The van der Waals surface area contributed by atoms with Crippen molar-refractivity contribution in [2.24, 2.45) is 13.0 Å². The van der Waals surface area contributed by atoms with Crippen molar-refractivity contribution in [2.45, 2.75) is 26.7 Å². The van der Waals surface area contributed by atoms with E-state index in [2.05, 4.69) is 17.3 Å². The number of nitrogens with one attached hydrogen (secondary N) is 1. The maximum absolute atomic E-state index is 12.0. The summed E-state index contributed by atoms with van der Waals surface area (Å²) in [6.45, 7) is 5.84. The number of anilines is 1. The Morgan fingerprint density at radius 3 is 2.65 bits per heavy atom. The summed E-state index contributed by atoms with van der Waals surface area (Å²) in [4.78, 5) is 13.9. The fraction of sp³-hybridized carbons (Fsp3) is 0.667. The highest BCUT2D eigenvalue weighted by molar-refractivity contribution is 5.89. The normalized spacial score (nSPS) is 17.2. The molecular weight excluding hydrogens is 216 g/mol. The molecule has 5 nitrogen and oxygen atoms in total. The second kappa shape index (κ2) is 4.77. The first-order chi connectivity index (χ1) is 8.06. The number of amides is 2. The summed E-state index contributed by atoms with van der Waals surface area (Å²) in [7, 11) is 1.85. The Morgan fingerprint density at radius 1 is 1.47 bits per heavy atom. The molecule has 2 heterocycles. The van der Waals surface area contributed by atoms with Gasteiger partial charge in [0.2, 0.25) is 0 Å². The monoisotopic (exact) mass is 236 g/mol. The minimum Gasteiger partial charge on any atom is -0.325 e. The van der Waals surface area contributed by atoms with Gasteiger partial charge in [-0.05, 0) is 25.7 Å². The molecule has 0 aromatic carbocycles. The van der Waals surface area contributed by atoms with E-state index in [9.17, 15) is 4.79 Å². The minimum atomic E-state index is -0.00648. The molecule has 17 heavy (non-hydrogen) atoms. The van der Waals surface area contributed by atoms with Crippen LogP contribution in [0.3, 0.4) is 0 Å². The molecule has 1 fully saturated rings. The van der Waals surface area contributed by atoms with Crippen LogP contribution in [-0.2, 0) is 7.05 Å². The van der Waals surface area contributed by atoms with E-state index in [-0.39, 0.29) is 6.03 Å². The zero-order chi connectivity index (χ0) is 12.4. The number of aryl methyl sites for hydroxylation is 2. The van der Waals surface area contributed by atoms with E-state index < -0.39 is 0 Å². The van der Waals surface area contributed by atoms with Gasteiger partial charge in [-0.1, -0.05) is 6.92 Å². The Bertz CT molecular complexity index is 405. The lowest BCUT2D eigenvalue weighted by atomic mass is 10.00. The maximum Gasteiger partial charge on any atom is 0.321 e. The van der Waals surface area contributed by atoms with Crippen LogP contribution in [-0.4, -0.2) is 33.8 Å². The van der Waals surface area contributed by atoms with Crippen molar-refractivity contribution in [1.29, 1.82) is 0 Å². The second-order valence-corrected chi connectivity index (χ2v) is 4.90. The van der Waals surface area contributed by atoms with Gasteiger partial charge >= 0.3 is 6.03 Å². The fourth-order valence-electron chi connectivity index (χ4n) is 2.13. The summed E-state index contributed by atoms with van der Waals surface area (Å²) in [5.74, 6) is 0.735. The molecule has 1 aliphatic rings. The van der Waals surface area contributed by atoms with Crippen molar-refractivity contribution in [1.82, 2.24) is 14.7 Å². The average Bonchev–Trinajstić information content (AvgIpc) is 2.58. The Balaban J connectivity index is 1.95. The Kier molecular flexibility index (Phi) is 3.36. The van der Waals surface area contributed by atoms with Crippen molar-refractivity contribution in [3.8, 4) is 0 Å². The molecule has 0 spiro atoms. The van der Waals surface area contributed by atoms with Crippen LogP contribution < -0.4 is 5.32 Å². The number of nitrogens with zero attached hydrogens (tertiary/aromatic N) is 3. The number of hydrogen-bond acceptors (Lipinski definition) is 2. The smallest absolute Gasteiger partial charge is 0.321 e. The molecule has 5 heteroatoms. The molecule has 94 valence electrons. The van der Waals surface area contributed by atoms with Crippen LogP contribution >= 0.6 is 0 Å². The van der Waals surface area contributed by atoms with Crippen LogP contribution in [0.2, 0.25) is 0 Å². The van der Waals surface area contributed by atoms with Crippen molar-refractivity contribution in [2.75, 3.05) is 18.4 Å². The Hall–Kier alpha value is -1.52. The predicted octanol–water partition coefficient (Wildman–Crippen LogP) is 1.99. The first-order valence-electron chi connectivity index (χ1n) is 6.12. The first kappa shape index (κ1) is 12.0. The molecule has 1 N–H and O–H groups in total. The predicted molar refractivity (Wildman–Crippen MR) is 66.9 cm³/mol. The topological polar surface area (TPSA) is 50.2 Å². The SMILES string of the molecule is Cc1nn(C)cc1NC(=O)N1CCC(C)CC1. The zero-order valence-corrected chi connectivity index (χ0v) is 10.7. The van der Waals surface area contributed by atoms with E-state index in [1.165, 1.54) is 0 Å². The van der Waals surface area contributed by atoms with Crippen LogP contribution in [0.25, 0.3) is 0 Å². The quantitative estimate of drug-likeness (QED) is 0.810. The summed E-state index contributed by atoms with van der Waals surface area (Å²) in [5.41, 5.74) is 1.65. The standard InChI is InChI=1S/C12H20N4O/c1-9-4-6-16(7-5-9)12(17)13-11-8-15(3)14-10(11)2/h8-9H,4-7H2,1-3H3,(H,13,17). The molecule has 0 radical (unpaired) electrons. The third kappa shape index (κ3) is 2.78. The maximum atomic E-state index is 12.0. The van der Waals surface area contributed by atoms with Gasteiger partial charge in [-0.2, -0.15) is 5.10 Å². The number of aromatic nitrogens is 2. The summed E-state index contributed by atoms with van der Waals surface area (Å²) >= 11 is 0. The number of urea groups is 1. The van der Waals surface area contributed by atoms with E-state index in [0.717, 1.165) is 43.2 Å². The molecule has 1 aromatic heterocycles. The number of carbonyl (C=O) groups excluding carboxylic acids is 1. The van der Waals surface area contributed by atoms with Crippen molar-refractivity contribution >= 4 is 11.7 Å². The number of piperidine rings is 1. The van der Waals surface area contributed by atoms with E-state index in [0.29, 0.717) is 0 Å². The number of rotatable bonds is 1. The van der Waals surface area contributed by atoms with Crippen LogP contribution in [0, 0.1) is 12.8 Å². The first-order valence-corrected chi connectivity index (χ1v) is 6.12. The van der Waals surface area contributed by atoms with Gasteiger partial charge in [0.15, 0.2) is 0 Å². The summed E-state index contributed by atoms with van der Waals surface area (Å²) in [6, 6.07) is -0.00648. The number of hydrogen-bond donors (Lipinski definition) is 1. The summed E-state index contributed by atoms with van der Waals surface area (Å²) in [6.07, 6.45) is 4.03. The summed E-state index contributed by atoms with van der Waals surface area (Å²) in [5, 5.41) is 7.12. The van der Waals surface area contributed by atoms with Crippen LogP contribution in [0.5, 0.6) is 0 Å². The fourth-order valence-corrected chi connectivity index (χ4v) is 2.13. The van der Waals surface area contributed by atoms with Crippen molar-refractivity contribution in [3.63, 3.8) is 0 Å². The lowest BCUT2D eigenvalue weighted by molar-refractivity contribution is 0.186. The van der Waals surface area contributed by atoms with Gasteiger partial charge in [-0.3, -0.25) is 4.68 Å². The van der Waals surface area contributed by atoms with Gasteiger partial charge in [0, 0.05) is 26.3 Å². The van der Waals surface area contributed by atoms with Crippen LogP contribution in [0.1, 0.15) is 25.5 Å². The molecule has 2 amide bonds. The molecule has 0 unspecified atom stereocenters. The molecule has 1 saturated heterocycles. The zero-order valence-electron chi connectivity index (χ0n) is 10.7. The molecule has 0 atom stereocenters. The van der Waals surface area contributed by atoms with Gasteiger partial charge in [-0.15, -0.1) is 0 Å². The lowest BCUT2D eigenvalue weighted by Crippen LogP contribution is -2.40. The molecule has 2 rings (SSSR count). The van der Waals surface area contributed by atoms with Gasteiger partial charge in [0.25, 0.3) is 0 Å². The Morgan fingerprint density at radius 2 is 2.12 bits per heavy atom. The van der Waals surface area contributed by atoms with E-state index in [1.807, 2.05) is 25.1 Å². The van der Waals surface area contributed by atoms with Crippen LogP contribution in [0.15, 0.2) is 6.20 Å². The lowest BCUT2D eigenvalue weighted by Gasteiger charge is -2.30. The van der Waals surface area contributed by atoms with E-state index in [4.69, 9.17) is 0 Å². The Labute approximate surface area is 102 Å². The van der Waals surface area contributed by atoms with Gasteiger partial charge in [0.05, 0.1) is 11.4 Å². The highest BCUT2D eigenvalue weighted by Gasteiger charge is 2.20. The highest BCUT2D eigenvalue weighted by atomic mass is 16.2. The number of likely N-dealkylation sites (tertiary alicyclic amines) is 1. The van der Waals surface area contributed by atoms with E-state index in [1.54, 1.807) is 4.68 Å². The third-order valence-electron chi connectivity index (χ3n) is 3.33. The largest absolute Gasteiger partial charge is 0.325 e. The van der Waals surface area contributed by atoms with E-state index >= 15 is 0 Å². The van der Waals surface area contributed by atoms with Gasteiger partial charge in [-0.25, -0.2) is 4.79 Å². The number of carbonyl (C=O) groups is 1. The minimum absolute atomic E-state index is 0.00648. The molecular formula is C12H20N4O. The van der Waals surface area contributed by atoms with Crippen molar-refractivity contribution in [3.05, 3.63) is 11.9 Å². The van der Waals surface area contributed by atoms with Gasteiger partial charge in [0.1, 0.15) is 0 Å². The average molecular weight is 236 g/mol. The second-order valence-electron chi connectivity index (χ2n) is 4.90. The molecule has 0 saturated carbocycles. The highest BCUT2D eigenvalue weighted by Crippen LogP contribution is 2.18. The van der Waals surface area contributed by atoms with Crippen molar-refractivity contribution < 1.29 is 4.79 Å². The third-order valence-corrected chi connectivity index (χ3v) is 3.33. The van der Waals surface area contributed by atoms with Gasteiger partial charge < -0.3 is 10.2 Å². The molecule has 1 aliphatic heterocycles. The molecule has 0 aliphatic carbocycles. The summed E-state index contributed by atoms with van der Waals surface area (Å²) < 4.78 is 1.71.